The van der Waals surface area contributed by atoms with Gasteiger partial charge in [0, 0.05) is 49.9 Å². The molecule has 4 nitrogen and oxygen atoms in total. The highest BCUT2D eigenvalue weighted by atomic mass is 35.5. The molecule has 1 saturated carbocycles. The smallest absolute Gasteiger partial charge is 0.191 e. The molecule has 116 valence electrons. The molecule has 2 N–H and O–H groups in total. The van der Waals surface area contributed by atoms with Crippen molar-refractivity contribution in [2.24, 2.45) is 4.99 Å². The SMILES string of the molecule is CN=C(NCCCOC)NC1CC1c1c(F)cccc1Cl. The Kier molecular flexibility index (Phi) is 5.82. The molecule has 0 saturated heterocycles. The maximum absolute atomic E-state index is 13.8. The summed E-state index contributed by atoms with van der Waals surface area (Å²) in [6.45, 7) is 1.49. The molecule has 2 atom stereocenters. The van der Waals surface area contributed by atoms with Gasteiger partial charge in [-0.05, 0) is 25.0 Å². The second-order valence-corrected chi connectivity index (χ2v) is 5.48. The molecule has 0 radical (unpaired) electrons. The van der Waals surface area contributed by atoms with Gasteiger partial charge in [0.2, 0.25) is 0 Å². The van der Waals surface area contributed by atoms with Gasteiger partial charge in [-0.2, -0.15) is 0 Å². The number of nitrogens with zero attached hydrogens (tertiary/aromatic N) is 1. The summed E-state index contributed by atoms with van der Waals surface area (Å²) in [6, 6.07) is 4.98. The molecule has 2 unspecified atom stereocenters. The number of aliphatic imine (C=N–C) groups is 1. The van der Waals surface area contributed by atoms with Gasteiger partial charge in [-0.25, -0.2) is 4.39 Å². The van der Waals surface area contributed by atoms with Crippen LogP contribution in [-0.4, -0.2) is 39.3 Å². The minimum atomic E-state index is -0.236. The molecule has 2 rings (SSSR count). The molecule has 0 spiro atoms. The maximum atomic E-state index is 13.8. The molecule has 21 heavy (non-hydrogen) atoms. The summed E-state index contributed by atoms with van der Waals surface area (Å²) >= 11 is 6.09. The third kappa shape index (κ3) is 4.32. The fraction of sp³-hybridized carbons (Fsp3) is 0.533. The molecule has 1 aliphatic carbocycles. The Balaban J connectivity index is 1.85. The molecular weight excluding hydrogens is 293 g/mol. The number of hydrogen-bond donors (Lipinski definition) is 2. The van der Waals surface area contributed by atoms with E-state index < -0.39 is 0 Å². The molecule has 1 fully saturated rings. The normalized spacial score (nSPS) is 21.2. The van der Waals surface area contributed by atoms with Crippen LogP contribution in [-0.2, 0) is 4.74 Å². The van der Waals surface area contributed by atoms with Crippen LogP contribution in [0, 0.1) is 5.82 Å². The van der Waals surface area contributed by atoms with Gasteiger partial charge in [0.25, 0.3) is 0 Å². The number of rotatable bonds is 6. The molecular formula is C15H21ClFN3O. The molecule has 0 aromatic heterocycles. The van der Waals surface area contributed by atoms with Gasteiger partial charge in [-0.3, -0.25) is 4.99 Å². The van der Waals surface area contributed by atoms with Crippen LogP contribution in [0.3, 0.4) is 0 Å². The second kappa shape index (κ2) is 7.61. The van der Waals surface area contributed by atoms with Gasteiger partial charge < -0.3 is 15.4 Å². The lowest BCUT2D eigenvalue weighted by atomic mass is 10.1. The van der Waals surface area contributed by atoms with Crippen LogP contribution < -0.4 is 10.6 Å². The summed E-state index contributed by atoms with van der Waals surface area (Å²) < 4.78 is 18.8. The van der Waals surface area contributed by atoms with Gasteiger partial charge in [-0.1, -0.05) is 17.7 Å². The number of guanidine groups is 1. The van der Waals surface area contributed by atoms with Crippen molar-refractivity contribution in [2.75, 3.05) is 27.3 Å². The topological polar surface area (TPSA) is 45.7 Å². The summed E-state index contributed by atoms with van der Waals surface area (Å²) in [4.78, 5) is 4.17. The predicted octanol–water partition coefficient (Wildman–Crippen LogP) is 2.54. The van der Waals surface area contributed by atoms with Crippen molar-refractivity contribution in [3.05, 3.63) is 34.6 Å². The zero-order valence-corrected chi connectivity index (χ0v) is 13.1. The Bertz CT molecular complexity index is 489. The van der Waals surface area contributed by atoms with Crippen LogP contribution >= 0.6 is 11.6 Å². The second-order valence-electron chi connectivity index (χ2n) is 5.07. The van der Waals surface area contributed by atoms with Crippen molar-refractivity contribution < 1.29 is 9.13 Å². The highest BCUT2D eigenvalue weighted by molar-refractivity contribution is 6.31. The Labute approximate surface area is 129 Å². The zero-order valence-electron chi connectivity index (χ0n) is 12.3. The maximum Gasteiger partial charge on any atom is 0.191 e. The monoisotopic (exact) mass is 313 g/mol. The van der Waals surface area contributed by atoms with Crippen molar-refractivity contribution in [3.8, 4) is 0 Å². The third-order valence-corrected chi connectivity index (χ3v) is 3.85. The van der Waals surface area contributed by atoms with Crippen molar-refractivity contribution in [1.82, 2.24) is 10.6 Å². The molecule has 0 aliphatic heterocycles. The quantitative estimate of drug-likeness (QED) is 0.482. The van der Waals surface area contributed by atoms with E-state index in [0.717, 1.165) is 25.3 Å². The first kappa shape index (κ1) is 16.0. The first-order chi connectivity index (χ1) is 10.2. The molecule has 1 aromatic rings. The number of hydrogen-bond acceptors (Lipinski definition) is 2. The Morgan fingerprint density at radius 2 is 2.33 bits per heavy atom. The van der Waals surface area contributed by atoms with E-state index in [-0.39, 0.29) is 17.8 Å². The number of ether oxygens (including phenoxy) is 1. The average molecular weight is 314 g/mol. The number of methoxy groups -OCH3 is 1. The van der Waals surface area contributed by atoms with Gasteiger partial charge in [-0.15, -0.1) is 0 Å². The minimum absolute atomic E-state index is 0.108. The lowest BCUT2D eigenvalue weighted by Gasteiger charge is -2.12. The average Bonchev–Trinajstić information content (AvgIpc) is 3.21. The fourth-order valence-corrected chi connectivity index (χ4v) is 2.64. The standard InChI is InChI=1S/C15H21ClFN3O/c1-18-15(19-7-4-8-21-2)20-13-9-10(13)14-11(16)5-3-6-12(14)17/h3,5-6,10,13H,4,7-9H2,1-2H3,(H2,18,19,20). The predicted molar refractivity (Wildman–Crippen MR) is 83.5 cm³/mol. The molecule has 1 aliphatic rings. The lowest BCUT2D eigenvalue weighted by molar-refractivity contribution is 0.195. The number of benzene rings is 1. The summed E-state index contributed by atoms with van der Waals surface area (Å²) in [5.74, 6) is 0.599. The molecule has 0 amide bonds. The number of nitrogens with one attached hydrogen (secondary N) is 2. The molecule has 1 aromatic carbocycles. The van der Waals surface area contributed by atoms with E-state index in [0.29, 0.717) is 17.2 Å². The Morgan fingerprint density at radius 3 is 3.00 bits per heavy atom. The van der Waals surface area contributed by atoms with Gasteiger partial charge in [0.15, 0.2) is 5.96 Å². The van der Waals surface area contributed by atoms with Crippen LogP contribution in [0.15, 0.2) is 23.2 Å². The van der Waals surface area contributed by atoms with E-state index in [2.05, 4.69) is 15.6 Å². The van der Waals surface area contributed by atoms with Crippen LogP contribution in [0.4, 0.5) is 4.39 Å². The highest BCUT2D eigenvalue weighted by Crippen LogP contribution is 2.44. The first-order valence-electron chi connectivity index (χ1n) is 7.07. The van der Waals surface area contributed by atoms with Crippen molar-refractivity contribution >= 4 is 17.6 Å². The highest BCUT2D eigenvalue weighted by Gasteiger charge is 2.41. The van der Waals surface area contributed by atoms with E-state index in [1.807, 2.05) is 0 Å². The van der Waals surface area contributed by atoms with Crippen molar-refractivity contribution in [3.63, 3.8) is 0 Å². The van der Waals surface area contributed by atoms with E-state index >= 15 is 0 Å². The largest absolute Gasteiger partial charge is 0.385 e. The summed E-state index contributed by atoms with van der Waals surface area (Å²) in [5, 5.41) is 7.00. The van der Waals surface area contributed by atoms with Gasteiger partial charge >= 0.3 is 0 Å². The summed E-state index contributed by atoms with van der Waals surface area (Å²) in [5.41, 5.74) is 0.603. The number of halogens is 2. The van der Waals surface area contributed by atoms with Crippen molar-refractivity contribution in [1.29, 1.82) is 0 Å². The zero-order chi connectivity index (χ0) is 15.2. The summed E-state index contributed by atoms with van der Waals surface area (Å²) in [6.07, 6.45) is 1.77. The summed E-state index contributed by atoms with van der Waals surface area (Å²) in [7, 11) is 3.40. The molecule has 0 heterocycles. The van der Waals surface area contributed by atoms with Gasteiger partial charge in [0.05, 0.1) is 0 Å². The third-order valence-electron chi connectivity index (χ3n) is 3.52. The van der Waals surface area contributed by atoms with E-state index in [9.17, 15) is 4.39 Å². The minimum Gasteiger partial charge on any atom is -0.385 e. The van der Waals surface area contributed by atoms with Crippen LogP contribution in [0.25, 0.3) is 0 Å². The van der Waals surface area contributed by atoms with Crippen LogP contribution in [0.1, 0.15) is 24.3 Å². The first-order valence-corrected chi connectivity index (χ1v) is 7.45. The van der Waals surface area contributed by atoms with E-state index in [4.69, 9.17) is 16.3 Å². The Morgan fingerprint density at radius 1 is 1.52 bits per heavy atom. The fourth-order valence-electron chi connectivity index (χ4n) is 2.33. The van der Waals surface area contributed by atoms with Crippen LogP contribution in [0.5, 0.6) is 0 Å². The van der Waals surface area contributed by atoms with Crippen LogP contribution in [0.2, 0.25) is 5.02 Å². The van der Waals surface area contributed by atoms with E-state index in [1.165, 1.54) is 6.07 Å². The molecule has 6 heteroatoms. The lowest BCUT2D eigenvalue weighted by Crippen LogP contribution is -2.39. The molecule has 0 bridgehead atoms. The Hall–Kier alpha value is -1.33. The van der Waals surface area contributed by atoms with E-state index in [1.54, 1.807) is 26.3 Å². The van der Waals surface area contributed by atoms with Gasteiger partial charge in [0.1, 0.15) is 5.82 Å². The van der Waals surface area contributed by atoms with Crippen molar-refractivity contribution in [2.45, 2.75) is 24.8 Å².